The highest BCUT2D eigenvalue weighted by atomic mass is 32.2. The van der Waals surface area contributed by atoms with Crippen molar-refractivity contribution in [1.29, 1.82) is 0 Å². The molecule has 1 aromatic heterocycles. The van der Waals surface area contributed by atoms with Crippen molar-refractivity contribution in [2.24, 2.45) is 0 Å². The van der Waals surface area contributed by atoms with Gasteiger partial charge in [0, 0.05) is 30.0 Å². The zero-order valence-corrected chi connectivity index (χ0v) is 18.3. The quantitative estimate of drug-likeness (QED) is 0.701. The minimum absolute atomic E-state index is 0.0614. The number of thiazole rings is 1. The van der Waals surface area contributed by atoms with Crippen molar-refractivity contribution in [3.8, 4) is 17.2 Å². The highest BCUT2D eigenvalue weighted by molar-refractivity contribution is 7.89. The van der Waals surface area contributed by atoms with Gasteiger partial charge in [-0.15, -0.1) is 11.3 Å². The van der Waals surface area contributed by atoms with Crippen LogP contribution < -0.4 is 19.5 Å². The molecule has 0 unspecified atom stereocenters. The fourth-order valence-electron chi connectivity index (χ4n) is 3.03. The SMILES string of the molecule is CCS(=O)(=O)N1CCc2nc(NC(=O)c3cc(OC)c(OC)c(OC)c3)sc2C1. The van der Waals surface area contributed by atoms with Crippen LogP contribution in [0.15, 0.2) is 12.1 Å². The van der Waals surface area contributed by atoms with Gasteiger partial charge in [0.05, 0.1) is 32.8 Å². The number of hydrogen-bond acceptors (Lipinski definition) is 8. The molecule has 158 valence electrons. The molecule has 9 nitrogen and oxygen atoms in total. The topological polar surface area (TPSA) is 107 Å². The molecule has 0 radical (unpaired) electrons. The number of benzene rings is 1. The van der Waals surface area contributed by atoms with E-state index in [0.717, 1.165) is 10.6 Å². The van der Waals surface area contributed by atoms with Gasteiger partial charge >= 0.3 is 0 Å². The number of carbonyl (C=O) groups is 1. The van der Waals surface area contributed by atoms with Crippen molar-refractivity contribution in [2.75, 3.05) is 38.9 Å². The average Bonchev–Trinajstić information content (AvgIpc) is 3.13. The molecule has 2 heterocycles. The number of nitrogens with one attached hydrogen (secondary N) is 1. The predicted molar refractivity (Wildman–Crippen MR) is 110 cm³/mol. The van der Waals surface area contributed by atoms with E-state index in [9.17, 15) is 13.2 Å². The van der Waals surface area contributed by atoms with Gasteiger partial charge in [-0.2, -0.15) is 4.31 Å². The average molecular weight is 442 g/mol. The second kappa shape index (κ2) is 8.56. The van der Waals surface area contributed by atoms with Crippen LogP contribution in [0.4, 0.5) is 5.13 Å². The highest BCUT2D eigenvalue weighted by Gasteiger charge is 2.28. The van der Waals surface area contributed by atoms with Crippen molar-refractivity contribution >= 4 is 32.4 Å². The van der Waals surface area contributed by atoms with Crippen LogP contribution in [0.25, 0.3) is 0 Å². The van der Waals surface area contributed by atoms with Gasteiger partial charge in [0.25, 0.3) is 5.91 Å². The van der Waals surface area contributed by atoms with E-state index in [4.69, 9.17) is 14.2 Å². The van der Waals surface area contributed by atoms with Crippen LogP contribution in [0, 0.1) is 0 Å². The van der Waals surface area contributed by atoms with Crippen LogP contribution >= 0.6 is 11.3 Å². The molecule has 0 spiro atoms. The van der Waals surface area contributed by atoms with Gasteiger partial charge in [0.15, 0.2) is 16.6 Å². The molecule has 2 aromatic rings. The van der Waals surface area contributed by atoms with E-state index in [1.165, 1.54) is 37.0 Å². The Kier molecular flexibility index (Phi) is 6.30. The first-order valence-electron chi connectivity index (χ1n) is 8.90. The third-order valence-corrected chi connectivity index (χ3v) is 7.43. The zero-order valence-electron chi connectivity index (χ0n) is 16.6. The lowest BCUT2D eigenvalue weighted by Gasteiger charge is -2.24. The molecule has 0 fully saturated rings. The first kappa shape index (κ1) is 21.3. The summed E-state index contributed by atoms with van der Waals surface area (Å²) in [6, 6.07) is 3.11. The number of carbonyl (C=O) groups excluding carboxylic acids is 1. The Hall–Kier alpha value is -2.37. The first-order valence-corrected chi connectivity index (χ1v) is 11.3. The largest absolute Gasteiger partial charge is 0.493 e. The fourth-order valence-corrected chi connectivity index (χ4v) is 5.19. The van der Waals surface area contributed by atoms with Crippen LogP contribution in [0.3, 0.4) is 0 Å². The molecule has 1 aliphatic heterocycles. The van der Waals surface area contributed by atoms with Crippen molar-refractivity contribution in [1.82, 2.24) is 9.29 Å². The maximum Gasteiger partial charge on any atom is 0.257 e. The van der Waals surface area contributed by atoms with Gasteiger partial charge in [-0.05, 0) is 19.1 Å². The van der Waals surface area contributed by atoms with Gasteiger partial charge in [-0.1, -0.05) is 0 Å². The standard InChI is InChI=1S/C18H23N3O6S2/c1-5-29(23,24)21-7-6-12-15(10-21)28-18(19-12)20-17(22)11-8-13(25-2)16(27-4)14(9-11)26-3/h8-9H,5-7,10H2,1-4H3,(H,19,20,22). The van der Waals surface area contributed by atoms with Crippen LogP contribution in [0.2, 0.25) is 0 Å². The number of sulfonamides is 1. The summed E-state index contributed by atoms with van der Waals surface area (Å²) in [6.07, 6.45) is 0.519. The molecule has 1 N–H and O–H groups in total. The Balaban J connectivity index is 1.81. The molecule has 0 aliphatic carbocycles. The van der Waals surface area contributed by atoms with E-state index in [-0.39, 0.29) is 18.2 Å². The number of anilines is 1. The number of fused-ring (bicyclic) bond motifs is 1. The zero-order chi connectivity index (χ0) is 21.2. The normalized spacial score (nSPS) is 14.2. The summed E-state index contributed by atoms with van der Waals surface area (Å²) < 4.78 is 41.5. The van der Waals surface area contributed by atoms with Crippen molar-refractivity contribution in [3.63, 3.8) is 0 Å². The lowest BCUT2D eigenvalue weighted by Crippen LogP contribution is -2.36. The number of ether oxygens (including phenoxy) is 3. The van der Waals surface area contributed by atoms with E-state index >= 15 is 0 Å². The number of nitrogens with zero attached hydrogens (tertiary/aromatic N) is 2. The number of hydrogen-bond donors (Lipinski definition) is 1. The summed E-state index contributed by atoms with van der Waals surface area (Å²) in [4.78, 5) is 18.0. The number of methoxy groups -OCH3 is 3. The van der Waals surface area contributed by atoms with E-state index in [2.05, 4.69) is 10.3 Å². The summed E-state index contributed by atoms with van der Waals surface area (Å²) in [5.74, 6) is 0.819. The van der Waals surface area contributed by atoms with Crippen LogP contribution in [0.5, 0.6) is 17.2 Å². The predicted octanol–water partition coefficient (Wildman–Crippen LogP) is 2.13. The Morgan fingerprint density at radius 2 is 1.86 bits per heavy atom. The van der Waals surface area contributed by atoms with Gasteiger partial charge in [-0.3, -0.25) is 10.1 Å². The molecule has 0 atom stereocenters. The maximum absolute atomic E-state index is 12.7. The Morgan fingerprint density at radius 1 is 1.21 bits per heavy atom. The Bertz CT molecular complexity index is 994. The van der Waals surface area contributed by atoms with Crippen molar-refractivity contribution in [3.05, 3.63) is 28.3 Å². The van der Waals surface area contributed by atoms with Gasteiger partial charge in [-0.25, -0.2) is 13.4 Å². The molecule has 11 heteroatoms. The highest BCUT2D eigenvalue weighted by Crippen LogP contribution is 2.38. The van der Waals surface area contributed by atoms with Gasteiger partial charge in [0.1, 0.15) is 0 Å². The van der Waals surface area contributed by atoms with E-state index in [1.54, 1.807) is 19.1 Å². The fraction of sp³-hybridized carbons (Fsp3) is 0.444. The molecule has 3 rings (SSSR count). The van der Waals surface area contributed by atoms with Crippen LogP contribution in [0.1, 0.15) is 27.9 Å². The van der Waals surface area contributed by atoms with Crippen LogP contribution in [-0.4, -0.2) is 57.2 Å². The number of rotatable bonds is 7. The number of aromatic nitrogens is 1. The lowest BCUT2D eigenvalue weighted by molar-refractivity contribution is 0.102. The minimum Gasteiger partial charge on any atom is -0.493 e. The molecular weight excluding hydrogens is 418 g/mol. The number of amides is 1. The molecule has 1 amide bonds. The van der Waals surface area contributed by atoms with Crippen molar-refractivity contribution in [2.45, 2.75) is 19.9 Å². The maximum atomic E-state index is 12.7. The summed E-state index contributed by atoms with van der Waals surface area (Å²) in [7, 11) is 1.18. The molecule has 0 saturated carbocycles. The molecular formula is C18H23N3O6S2. The molecule has 0 saturated heterocycles. The van der Waals surface area contributed by atoms with E-state index in [0.29, 0.717) is 40.9 Å². The second-order valence-corrected chi connectivity index (χ2v) is 9.58. The first-order chi connectivity index (χ1) is 13.8. The molecule has 29 heavy (non-hydrogen) atoms. The smallest absolute Gasteiger partial charge is 0.257 e. The minimum atomic E-state index is -3.26. The third-order valence-electron chi connectivity index (χ3n) is 4.60. The second-order valence-electron chi connectivity index (χ2n) is 6.24. The molecule has 1 aliphatic rings. The molecule has 1 aromatic carbocycles. The van der Waals surface area contributed by atoms with Crippen molar-refractivity contribution < 1.29 is 27.4 Å². The van der Waals surface area contributed by atoms with Gasteiger partial charge in [0.2, 0.25) is 15.8 Å². The van der Waals surface area contributed by atoms with E-state index in [1.807, 2.05) is 0 Å². The summed E-state index contributed by atoms with van der Waals surface area (Å²) in [6.45, 7) is 2.30. The van der Waals surface area contributed by atoms with E-state index < -0.39 is 10.0 Å². The third kappa shape index (κ3) is 4.31. The monoisotopic (exact) mass is 441 g/mol. The Labute approximate surface area is 173 Å². The Morgan fingerprint density at radius 3 is 2.41 bits per heavy atom. The lowest BCUT2D eigenvalue weighted by atomic mass is 10.1. The molecule has 0 bridgehead atoms. The van der Waals surface area contributed by atoms with Gasteiger partial charge < -0.3 is 14.2 Å². The summed E-state index contributed by atoms with van der Waals surface area (Å²) in [5.41, 5.74) is 1.14. The summed E-state index contributed by atoms with van der Waals surface area (Å²) in [5, 5.41) is 3.19. The van der Waals surface area contributed by atoms with Crippen LogP contribution in [-0.2, 0) is 23.0 Å². The summed E-state index contributed by atoms with van der Waals surface area (Å²) >= 11 is 1.28.